The third kappa shape index (κ3) is 5.05. The Morgan fingerprint density at radius 1 is 1.26 bits per heavy atom. The van der Waals surface area contributed by atoms with E-state index >= 15 is 0 Å². The molecule has 1 aliphatic rings. The zero-order valence-corrected chi connectivity index (χ0v) is 14.6. The molecule has 1 atom stereocenters. The van der Waals surface area contributed by atoms with Gasteiger partial charge in [0, 0.05) is 12.6 Å². The van der Waals surface area contributed by atoms with Crippen LogP contribution in [0.25, 0.3) is 0 Å². The summed E-state index contributed by atoms with van der Waals surface area (Å²) in [4.78, 5) is 14.8. The molecule has 0 radical (unpaired) electrons. The second kappa shape index (κ2) is 8.46. The van der Waals surface area contributed by atoms with Gasteiger partial charge in [-0.1, -0.05) is 49.6 Å². The highest BCUT2D eigenvalue weighted by Crippen LogP contribution is 2.21. The minimum Gasteiger partial charge on any atom is -0.354 e. The van der Waals surface area contributed by atoms with Crippen molar-refractivity contribution in [2.24, 2.45) is 5.73 Å². The monoisotopic (exact) mass is 317 g/mol. The molecule has 1 amide bonds. The first kappa shape index (κ1) is 18.0. The van der Waals surface area contributed by atoms with Crippen LogP contribution in [0.3, 0.4) is 0 Å². The summed E-state index contributed by atoms with van der Waals surface area (Å²) in [6, 6.07) is 10.3. The first-order valence-electron chi connectivity index (χ1n) is 8.85. The number of nitrogens with two attached hydrogens (primary N) is 1. The van der Waals surface area contributed by atoms with Gasteiger partial charge in [0.15, 0.2) is 0 Å². The number of rotatable bonds is 7. The number of nitrogens with zero attached hydrogens (tertiary/aromatic N) is 1. The second-order valence-corrected chi connectivity index (χ2v) is 6.95. The lowest BCUT2D eigenvalue weighted by molar-refractivity contribution is -0.126. The van der Waals surface area contributed by atoms with Crippen LogP contribution >= 0.6 is 0 Å². The Hall–Kier alpha value is -1.39. The fourth-order valence-electron chi connectivity index (χ4n) is 3.33. The van der Waals surface area contributed by atoms with E-state index in [0.717, 1.165) is 24.6 Å². The SMILES string of the molecule is CN(CCCNC(=O)C(C)(N)c1ccccc1)C1CCCCC1. The Morgan fingerprint density at radius 2 is 1.91 bits per heavy atom. The maximum atomic E-state index is 12.4. The molecule has 1 unspecified atom stereocenters. The van der Waals surface area contributed by atoms with Crippen molar-refractivity contribution in [2.45, 2.75) is 57.0 Å². The van der Waals surface area contributed by atoms with Gasteiger partial charge in [0.2, 0.25) is 5.91 Å². The topological polar surface area (TPSA) is 58.4 Å². The van der Waals surface area contributed by atoms with Crippen LogP contribution in [0.5, 0.6) is 0 Å². The van der Waals surface area contributed by atoms with Gasteiger partial charge >= 0.3 is 0 Å². The lowest BCUT2D eigenvalue weighted by Crippen LogP contribution is -2.49. The predicted molar refractivity (Wildman–Crippen MR) is 95.1 cm³/mol. The first-order chi connectivity index (χ1) is 11.0. The van der Waals surface area contributed by atoms with E-state index in [0.29, 0.717) is 6.54 Å². The molecule has 0 saturated heterocycles. The molecule has 3 N–H and O–H groups in total. The molecule has 0 spiro atoms. The Labute approximate surface area is 140 Å². The van der Waals surface area contributed by atoms with Crippen LogP contribution in [0.4, 0.5) is 0 Å². The van der Waals surface area contributed by atoms with Crippen LogP contribution in [-0.4, -0.2) is 37.0 Å². The van der Waals surface area contributed by atoms with Gasteiger partial charge in [0.1, 0.15) is 5.54 Å². The van der Waals surface area contributed by atoms with Gasteiger partial charge in [-0.15, -0.1) is 0 Å². The second-order valence-electron chi connectivity index (χ2n) is 6.95. The van der Waals surface area contributed by atoms with Crippen LogP contribution in [0.2, 0.25) is 0 Å². The molecule has 23 heavy (non-hydrogen) atoms. The number of hydrogen-bond donors (Lipinski definition) is 2. The molecule has 0 bridgehead atoms. The van der Waals surface area contributed by atoms with E-state index < -0.39 is 5.54 Å². The number of hydrogen-bond acceptors (Lipinski definition) is 3. The lowest BCUT2D eigenvalue weighted by Gasteiger charge is -2.31. The quantitative estimate of drug-likeness (QED) is 0.760. The average Bonchev–Trinajstić information content (AvgIpc) is 2.59. The number of benzene rings is 1. The van der Waals surface area contributed by atoms with Crippen molar-refractivity contribution in [2.75, 3.05) is 20.1 Å². The third-order valence-electron chi connectivity index (χ3n) is 5.02. The lowest BCUT2D eigenvalue weighted by atomic mass is 9.92. The summed E-state index contributed by atoms with van der Waals surface area (Å²) in [5, 5.41) is 2.99. The molecule has 128 valence electrons. The molecule has 1 aromatic rings. The average molecular weight is 317 g/mol. The number of carbonyl (C=O) groups is 1. The molecule has 0 aromatic heterocycles. The van der Waals surface area contributed by atoms with E-state index in [4.69, 9.17) is 5.73 Å². The minimum atomic E-state index is -0.976. The fraction of sp³-hybridized carbons (Fsp3) is 0.632. The van der Waals surface area contributed by atoms with Crippen molar-refractivity contribution >= 4 is 5.91 Å². The summed E-state index contributed by atoms with van der Waals surface area (Å²) in [7, 11) is 2.20. The molecular weight excluding hydrogens is 286 g/mol. The summed E-state index contributed by atoms with van der Waals surface area (Å²) >= 11 is 0. The Balaban J connectivity index is 1.72. The molecule has 4 nitrogen and oxygen atoms in total. The van der Waals surface area contributed by atoms with Gasteiger partial charge < -0.3 is 16.0 Å². The molecular formula is C19H31N3O. The van der Waals surface area contributed by atoms with E-state index in [-0.39, 0.29) is 5.91 Å². The summed E-state index contributed by atoms with van der Waals surface area (Å²) in [5.74, 6) is -0.107. The number of nitrogens with one attached hydrogen (secondary N) is 1. The molecule has 4 heteroatoms. The first-order valence-corrected chi connectivity index (χ1v) is 8.85. The molecule has 1 aliphatic carbocycles. The molecule has 0 heterocycles. The van der Waals surface area contributed by atoms with Gasteiger partial charge in [-0.2, -0.15) is 0 Å². The van der Waals surface area contributed by atoms with Crippen molar-refractivity contribution in [3.05, 3.63) is 35.9 Å². The van der Waals surface area contributed by atoms with Gasteiger partial charge in [-0.05, 0) is 45.3 Å². The number of carbonyl (C=O) groups excluding carboxylic acids is 1. The highest BCUT2D eigenvalue weighted by molar-refractivity contribution is 5.86. The highest BCUT2D eigenvalue weighted by Gasteiger charge is 2.29. The molecule has 0 aliphatic heterocycles. The zero-order chi connectivity index (χ0) is 16.7. The van der Waals surface area contributed by atoms with Gasteiger partial charge in [0.05, 0.1) is 0 Å². The maximum absolute atomic E-state index is 12.4. The Kier molecular flexibility index (Phi) is 6.60. The van der Waals surface area contributed by atoms with Gasteiger partial charge in [-0.25, -0.2) is 0 Å². The molecule has 1 fully saturated rings. The van der Waals surface area contributed by atoms with Gasteiger partial charge in [-0.3, -0.25) is 4.79 Å². The summed E-state index contributed by atoms with van der Waals surface area (Å²) in [6.07, 6.45) is 7.69. The van der Waals surface area contributed by atoms with Crippen LogP contribution < -0.4 is 11.1 Å². The predicted octanol–water partition coefficient (Wildman–Crippen LogP) is 2.63. The van der Waals surface area contributed by atoms with E-state index in [1.165, 1.54) is 32.1 Å². The summed E-state index contributed by atoms with van der Waals surface area (Å²) in [5.41, 5.74) is 6.09. The highest BCUT2D eigenvalue weighted by atomic mass is 16.2. The van der Waals surface area contributed by atoms with Crippen LogP contribution in [0.1, 0.15) is 51.0 Å². The van der Waals surface area contributed by atoms with Crippen molar-refractivity contribution in [3.8, 4) is 0 Å². The summed E-state index contributed by atoms with van der Waals surface area (Å²) in [6.45, 7) is 3.47. The number of amides is 1. The smallest absolute Gasteiger partial charge is 0.244 e. The third-order valence-corrected chi connectivity index (χ3v) is 5.02. The van der Waals surface area contributed by atoms with Crippen molar-refractivity contribution < 1.29 is 4.79 Å². The van der Waals surface area contributed by atoms with Gasteiger partial charge in [0.25, 0.3) is 0 Å². The van der Waals surface area contributed by atoms with Crippen molar-refractivity contribution in [3.63, 3.8) is 0 Å². The zero-order valence-electron chi connectivity index (χ0n) is 14.6. The van der Waals surface area contributed by atoms with E-state index in [9.17, 15) is 4.79 Å². The van der Waals surface area contributed by atoms with Crippen LogP contribution in [0, 0.1) is 0 Å². The Morgan fingerprint density at radius 3 is 2.57 bits per heavy atom. The standard InChI is InChI=1S/C19H31N3O/c1-19(20,16-10-5-3-6-11-16)18(23)21-14-9-15-22(2)17-12-7-4-8-13-17/h3,5-6,10-11,17H,4,7-9,12-15,20H2,1-2H3,(H,21,23). The van der Waals surface area contributed by atoms with E-state index in [1.807, 2.05) is 30.3 Å². The Bertz CT molecular complexity index is 481. The van der Waals surface area contributed by atoms with Crippen LogP contribution in [-0.2, 0) is 10.3 Å². The molecule has 1 aromatic carbocycles. The van der Waals surface area contributed by atoms with E-state index in [2.05, 4.69) is 17.3 Å². The normalized spacial score (nSPS) is 18.6. The maximum Gasteiger partial charge on any atom is 0.244 e. The van der Waals surface area contributed by atoms with Crippen molar-refractivity contribution in [1.82, 2.24) is 10.2 Å². The minimum absolute atomic E-state index is 0.107. The van der Waals surface area contributed by atoms with Crippen LogP contribution in [0.15, 0.2) is 30.3 Å². The molecule has 1 saturated carbocycles. The van der Waals surface area contributed by atoms with E-state index in [1.54, 1.807) is 6.92 Å². The fourth-order valence-corrected chi connectivity index (χ4v) is 3.33. The summed E-state index contributed by atoms with van der Waals surface area (Å²) < 4.78 is 0. The molecule has 2 rings (SSSR count). The largest absolute Gasteiger partial charge is 0.354 e. The van der Waals surface area contributed by atoms with Crippen molar-refractivity contribution in [1.29, 1.82) is 0 Å².